The van der Waals surface area contributed by atoms with Gasteiger partial charge in [0.2, 0.25) is 0 Å². The minimum Gasteiger partial charge on any atom is -0.380 e. The molecule has 0 saturated carbocycles. The molecular weight excluding hydrogens is 342 g/mol. The summed E-state index contributed by atoms with van der Waals surface area (Å²) in [5.74, 6) is -0.210. The van der Waals surface area contributed by atoms with E-state index in [4.69, 9.17) is 5.73 Å². The van der Waals surface area contributed by atoms with E-state index in [0.717, 1.165) is 11.3 Å². The lowest BCUT2D eigenvalue weighted by Gasteiger charge is -2.02. The van der Waals surface area contributed by atoms with Crippen LogP contribution in [-0.4, -0.2) is 21.8 Å². The summed E-state index contributed by atoms with van der Waals surface area (Å²) in [7, 11) is 0. The van der Waals surface area contributed by atoms with Gasteiger partial charge in [0, 0.05) is 34.8 Å². The molecule has 0 atom stereocenters. The Labute approximate surface area is 137 Å². The molecule has 0 saturated heterocycles. The van der Waals surface area contributed by atoms with Crippen molar-refractivity contribution in [2.75, 3.05) is 5.32 Å². The molecule has 24 heavy (non-hydrogen) atoms. The van der Waals surface area contributed by atoms with Gasteiger partial charge in [-0.15, -0.1) is 0 Å². The lowest BCUT2D eigenvalue weighted by molar-refractivity contribution is -0.384. The quantitative estimate of drug-likeness (QED) is 0.274. The highest BCUT2D eigenvalue weighted by atomic mass is 32.1. The average molecular weight is 351 g/mol. The molecular formula is C12H9N5O6S. The number of nitrogens with two attached hydrogens (primary N) is 1. The topological polar surface area (TPSA) is 163 Å². The van der Waals surface area contributed by atoms with E-state index >= 15 is 0 Å². The normalized spacial score (nSPS) is 10.9. The molecule has 11 nitrogen and oxygen atoms in total. The van der Waals surface area contributed by atoms with Gasteiger partial charge >= 0.3 is 11.1 Å². The van der Waals surface area contributed by atoms with Crippen molar-refractivity contribution in [2.45, 2.75) is 0 Å². The molecule has 124 valence electrons. The van der Waals surface area contributed by atoms with E-state index in [1.165, 1.54) is 35.7 Å². The molecule has 1 amide bonds. The first-order chi connectivity index (χ1) is 11.4. The second kappa shape index (κ2) is 7.15. The summed E-state index contributed by atoms with van der Waals surface area (Å²) in [5.41, 5.74) is 5.93. The first-order valence-corrected chi connectivity index (χ1v) is 7.04. The number of nitro benzene ring substituents is 1. The molecule has 0 spiro atoms. The van der Waals surface area contributed by atoms with Gasteiger partial charge in [-0.25, -0.2) is 4.79 Å². The highest BCUT2D eigenvalue weighted by molar-refractivity contribution is 7.13. The Morgan fingerprint density at radius 1 is 1.21 bits per heavy atom. The monoisotopic (exact) mass is 351 g/mol. The summed E-state index contributed by atoms with van der Waals surface area (Å²) < 4.78 is 0. The van der Waals surface area contributed by atoms with Gasteiger partial charge in [0.15, 0.2) is 5.84 Å². The van der Waals surface area contributed by atoms with E-state index in [0.29, 0.717) is 0 Å². The summed E-state index contributed by atoms with van der Waals surface area (Å²) >= 11 is 0.855. The standard InChI is InChI=1S/C12H9N5O6S/c13-11(7-5-10(17(21)22)24-6-7)15-23-12(18)14-8-1-3-9(4-2-8)16(19)20/h1-6H,(H2,13,15)(H,14,18). The molecule has 12 heteroatoms. The van der Waals surface area contributed by atoms with Gasteiger partial charge < -0.3 is 5.73 Å². The number of anilines is 1. The van der Waals surface area contributed by atoms with Crippen molar-refractivity contribution >= 4 is 39.6 Å². The lowest BCUT2D eigenvalue weighted by Crippen LogP contribution is -2.17. The van der Waals surface area contributed by atoms with Gasteiger partial charge in [0.05, 0.1) is 9.85 Å². The Kier molecular flexibility index (Phi) is 5.01. The summed E-state index contributed by atoms with van der Waals surface area (Å²) in [6.45, 7) is 0. The van der Waals surface area contributed by atoms with Crippen LogP contribution in [0.3, 0.4) is 0 Å². The number of hydrogen-bond acceptors (Lipinski definition) is 8. The number of nitrogens with zero attached hydrogens (tertiary/aromatic N) is 3. The third-order valence-corrected chi connectivity index (χ3v) is 3.49. The lowest BCUT2D eigenvalue weighted by atomic mass is 10.3. The van der Waals surface area contributed by atoms with Crippen molar-refractivity contribution in [2.24, 2.45) is 10.9 Å². The molecule has 3 N–H and O–H groups in total. The van der Waals surface area contributed by atoms with Crippen LogP contribution in [0.15, 0.2) is 40.9 Å². The van der Waals surface area contributed by atoms with E-state index in [9.17, 15) is 25.0 Å². The molecule has 2 aromatic rings. The van der Waals surface area contributed by atoms with Crippen molar-refractivity contribution in [1.29, 1.82) is 0 Å². The smallest absolute Gasteiger partial charge is 0.380 e. The first kappa shape index (κ1) is 16.8. The fourth-order valence-electron chi connectivity index (χ4n) is 1.51. The second-order valence-corrected chi connectivity index (χ2v) is 5.10. The number of non-ortho nitro benzene ring substituents is 1. The number of nitrogens with one attached hydrogen (secondary N) is 1. The molecule has 1 aromatic carbocycles. The van der Waals surface area contributed by atoms with Gasteiger partial charge in [0.1, 0.15) is 0 Å². The maximum atomic E-state index is 11.5. The molecule has 1 aromatic heterocycles. The first-order valence-electron chi connectivity index (χ1n) is 6.16. The number of hydrogen-bond donors (Lipinski definition) is 2. The molecule has 0 fully saturated rings. The van der Waals surface area contributed by atoms with E-state index in [1.54, 1.807) is 0 Å². The molecule has 0 aliphatic carbocycles. The molecule has 0 unspecified atom stereocenters. The van der Waals surface area contributed by atoms with Crippen molar-refractivity contribution in [1.82, 2.24) is 0 Å². The minimum atomic E-state index is -0.975. The largest absolute Gasteiger partial charge is 0.437 e. The number of nitro groups is 2. The van der Waals surface area contributed by atoms with Crippen LogP contribution in [0.25, 0.3) is 0 Å². The van der Waals surface area contributed by atoms with Gasteiger partial charge in [-0.3, -0.25) is 30.4 Å². The highest BCUT2D eigenvalue weighted by Crippen LogP contribution is 2.22. The predicted molar refractivity (Wildman–Crippen MR) is 84.9 cm³/mol. The molecule has 0 bridgehead atoms. The minimum absolute atomic E-state index is 0.126. The van der Waals surface area contributed by atoms with E-state index in [2.05, 4.69) is 15.3 Å². The van der Waals surface area contributed by atoms with Crippen LogP contribution in [0.2, 0.25) is 0 Å². The van der Waals surface area contributed by atoms with Gasteiger partial charge in [0.25, 0.3) is 5.69 Å². The van der Waals surface area contributed by atoms with Crippen LogP contribution in [0.5, 0.6) is 0 Å². The summed E-state index contributed by atoms with van der Waals surface area (Å²) in [5, 5.41) is 28.0. The number of thiophene rings is 1. The Bertz CT molecular complexity index is 816. The fraction of sp³-hybridized carbons (Fsp3) is 0. The van der Waals surface area contributed by atoms with Crippen LogP contribution < -0.4 is 11.1 Å². The van der Waals surface area contributed by atoms with E-state index in [-0.39, 0.29) is 27.8 Å². The Morgan fingerprint density at radius 3 is 2.42 bits per heavy atom. The zero-order valence-electron chi connectivity index (χ0n) is 11.7. The van der Waals surface area contributed by atoms with E-state index in [1.807, 2.05) is 0 Å². The maximum absolute atomic E-state index is 11.5. The number of rotatable bonds is 5. The Morgan fingerprint density at radius 2 is 1.88 bits per heavy atom. The molecule has 0 radical (unpaired) electrons. The Balaban J connectivity index is 1.95. The van der Waals surface area contributed by atoms with E-state index < -0.39 is 15.9 Å². The van der Waals surface area contributed by atoms with Crippen molar-refractivity contribution in [3.63, 3.8) is 0 Å². The number of amidine groups is 1. The third-order valence-electron chi connectivity index (χ3n) is 2.61. The molecule has 2 rings (SSSR count). The van der Waals surface area contributed by atoms with Gasteiger partial charge in [-0.05, 0) is 12.1 Å². The summed E-state index contributed by atoms with van der Waals surface area (Å²) in [6.07, 6.45) is -0.975. The number of carbonyl (C=O) groups is 1. The van der Waals surface area contributed by atoms with Crippen molar-refractivity contribution in [3.8, 4) is 0 Å². The van der Waals surface area contributed by atoms with Crippen LogP contribution in [0.4, 0.5) is 21.2 Å². The number of amides is 1. The number of benzene rings is 1. The summed E-state index contributed by atoms with van der Waals surface area (Å²) in [6, 6.07) is 6.24. The SMILES string of the molecule is N/C(=N/OC(=O)Nc1ccc([N+](=O)[O-])cc1)c1csc([N+](=O)[O-])c1. The maximum Gasteiger partial charge on any atom is 0.437 e. The predicted octanol–water partition coefficient (Wildman–Crippen LogP) is 2.43. The second-order valence-electron chi connectivity index (χ2n) is 4.21. The van der Waals surface area contributed by atoms with Crippen molar-refractivity contribution < 1.29 is 19.5 Å². The zero-order chi connectivity index (χ0) is 17.7. The van der Waals surface area contributed by atoms with Gasteiger partial charge in [-0.2, -0.15) is 0 Å². The molecule has 0 aliphatic rings. The number of carbonyl (C=O) groups excluding carboxylic acids is 1. The molecule has 1 heterocycles. The van der Waals surface area contributed by atoms with Crippen LogP contribution in [-0.2, 0) is 4.84 Å². The zero-order valence-corrected chi connectivity index (χ0v) is 12.6. The Hall–Kier alpha value is -3.54. The van der Waals surface area contributed by atoms with Crippen LogP contribution >= 0.6 is 11.3 Å². The third kappa shape index (κ3) is 4.23. The fourth-order valence-corrected chi connectivity index (χ4v) is 2.22. The van der Waals surface area contributed by atoms with Crippen LogP contribution in [0, 0.1) is 20.2 Å². The molecule has 0 aliphatic heterocycles. The van der Waals surface area contributed by atoms with Crippen LogP contribution in [0.1, 0.15) is 5.56 Å². The van der Waals surface area contributed by atoms with Crippen molar-refractivity contribution in [3.05, 3.63) is 61.5 Å². The number of oxime groups is 1. The summed E-state index contributed by atoms with van der Waals surface area (Å²) in [4.78, 5) is 36.0. The highest BCUT2D eigenvalue weighted by Gasteiger charge is 2.13. The van der Waals surface area contributed by atoms with Gasteiger partial charge in [-0.1, -0.05) is 16.5 Å². The average Bonchev–Trinajstić information content (AvgIpc) is 3.03.